The average Bonchev–Trinajstić information content (AvgIpc) is 3.33. The number of nitrogens with zero attached hydrogens (tertiary/aromatic N) is 2. The second-order valence-corrected chi connectivity index (χ2v) is 8.23. The van der Waals surface area contributed by atoms with E-state index in [1.54, 1.807) is 25.0 Å². The van der Waals surface area contributed by atoms with Gasteiger partial charge in [0, 0.05) is 29.6 Å². The lowest BCUT2D eigenvalue weighted by Gasteiger charge is -2.08. The van der Waals surface area contributed by atoms with Gasteiger partial charge in [-0.1, -0.05) is 17.7 Å². The second kappa shape index (κ2) is 8.56. The van der Waals surface area contributed by atoms with Crippen LogP contribution in [0.5, 0.6) is 11.5 Å². The van der Waals surface area contributed by atoms with Crippen LogP contribution in [0, 0.1) is 5.82 Å². The molecule has 0 fully saturated rings. The maximum atomic E-state index is 13.2. The lowest BCUT2D eigenvalue weighted by atomic mass is 10.1. The van der Waals surface area contributed by atoms with E-state index in [0.717, 1.165) is 21.5 Å². The summed E-state index contributed by atoms with van der Waals surface area (Å²) in [5.41, 5.74) is 2.24. The van der Waals surface area contributed by atoms with Gasteiger partial charge in [0.1, 0.15) is 16.3 Å². The highest BCUT2D eigenvalue weighted by Gasteiger charge is 2.19. The summed E-state index contributed by atoms with van der Waals surface area (Å²) in [6.07, 6.45) is 0. The molecule has 0 saturated heterocycles. The Hall–Kier alpha value is -3.10. The van der Waals surface area contributed by atoms with E-state index in [1.165, 1.54) is 23.5 Å². The van der Waals surface area contributed by atoms with E-state index in [9.17, 15) is 9.18 Å². The maximum Gasteiger partial charge on any atom is 0.261 e. The van der Waals surface area contributed by atoms with Gasteiger partial charge < -0.3 is 14.8 Å². The number of ether oxygens (including phenoxy) is 2. The molecule has 1 amide bonds. The van der Waals surface area contributed by atoms with Gasteiger partial charge in [0.25, 0.3) is 5.91 Å². The van der Waals surface area contributed by atoms with Crippen LogP contribution in [0.1, 0.15) is 15.2 Å². The molecule has 1 N–H and O–H groups in total. The number of hydrogen-bond donors (Lipinski definition) is 1. The highest BCUT2D eigenvalue weighted by Crippen LogP contribution is 2.37. The van der Waals surface area contributed by atoms with Crippen molar-refractivity contribution in [2.45, 2.75) is 6.54 Å². The number of fused-ring (bicyclic) bond motifs is 1. The fourth-order valence-corrected chi connectivity index (χ4v) is 4.50. The monoisotopic (exact) mass is 459 g/mol. The number of benzene rings is 2. The van der Waals surface area contributed by atoms with Gasteiger partial charge >= 0.3 is 0 Å². The number of aromatic nitrogens is 2. The Balaban J connectivity index is 1.62. The summed E-state index contributed by atoms with van der Waals surface area (Å²) in [4.78, 5) is 14.1. The smallest absolute Gasteiger partial charge is 0.261 e. The second-order valence-electron chi connectivity index (χ2n) is 6.79. The first kappa shape index (κ1) is 21.1. The number of nitrogens with one attached hydrogen (secondary N) is 1. The molecule has 2 heterocycles. The Morgan fingerprint density at radius 2 is 1.94 bits per heavy atom. The lowest BCUT2D eigenvalue weighted by molar-refractivity contribution is 0.0955. The van der Waals surface area contributed by atoms with Gasteiger partial charge in [-0.3, -0.25) is 9.48 Å². The Morgan fingerprint density at radius 1 is 1.16 bits per heavy atom. The standard InChI is InChI=1S/C22H19ClFN3O3S/c1-27-22-15(20(26-27)12-5-7-17(29-2)18(8-12)30-3)10-19(31-22)21(28)25-11-13-4-6-14(24)9-16(13)23/h4-10H,11H2,1-3H3,(H,25,28). The zero-order chi connectivity index (χ0) is 22.1. The molecule has 160 valence electrons. The van der Waals surface area contributed by atoms with Crippen LogP contribution < -0.4 is 14.8 Å². The van der Waals surface area contributed by atoms with Crippen LogP contribution in [0.15, 0.2) is 42.5 Å². The number of carbonyl (C=O) groups is 1. The minimum atomic E-state index is -0.417. The number of carbonyl (C=O) groups excluding carboxylic acids is 1. The first-order valence-electron chi connectivity index (χ1n) is 9.32. The zero-order valence-corrected chi connectivity index (χ0v) is 18.6. The molecule has 0 saturated carbocycles. The lowest BCUT2D eigenvalue weighted by Crippen LogP contribution is -2.22. The summed E-state index contributed by atoms with van der Waals surface area (Å²) in [6, 6.07) is 11.5. The van der Waals surface area contributed by atoms with E-state index in [-0.39, 0.29) is 17.5 Å². The Kier molecular flexibility index (Phi) is 5.84. The molecule has 4 rings (SSSR count). The van der Waals surface area contributed by atoms with Crippen LogP contribution in [-0.2, 0) is 13.6 Å². The molecule has 9 heteroatoms. The Morgan fingerprint density at radius 3 is 2.65 bits per heavy atom. The molecule has 0 bridgehead atoms. The number of methoxy groups -OCH3 is 2. The van der Waals surface area contributed by atoms with Crippen molar-refractivity contribution in [3.63, 3.8) is 0 Å². The third kappa shape index (κ3) is 4.08. The van der Waals surface area contributed by atoms with Gasteiger partial charge in [0.05, 0.1) is 19.1 Å². The van der Waals surface area contributed by atoms with Crippen molar-refractivity contribution < 1.29 is 18.7 Å². The number of halogens is 2. The molecule has 0 aliphatic carbocycles. The number of rotatable bonds is 6. The van der Waals surface area contributed by atoms with Crippen LogP contribution in [-0.4, -0.2) is 29.9 Å². The summed E-state index contributed by atoms with van der Waals surface area (Å²) < 4.78 is 25.7. The van der Waals surface area contributed by atoms with Gasteiger partial charge in [0.2, 0.25) is 0 Å². The van der Waals surface area contributed by atoms with Crippen LogP contribution in [0.3, 0.4) is 0 Å². The Labute approximate surface area is 187 Å². The molecule has 0 aliphatic rings. The molecule has 2 aromatic heterocycles. The third-order valence-corrected chi connectivity index (χ3v) is 6.40. The molecule has 31 heavy (non-hydrogen) atoms. The number of thiophene rings is 1. The van der Waals surface area contributed by atoms with Crippen molar-refractivity contribution in [3.05, 3.63) is 63.7 Å². The summed E-state index contributed by atoms with van der Waals surface area (Å²) in [5.74, 6) is 0.575. The van der Waals surface area contributed by atoms with Gasteiger partial charge in [0.15, 0.2) is 11.5 Å². The summed E-state index contributed by atoms with van der Waals surface area (Å²) in [5, 5.41) is 8.59. The number of hydrogen-bond acceptors (Lipinski definition) is 5. The zero-order valence-electron chi connectivity index (χ0n) is 17.0. The highest BCUT2D eigenvalue weighted by atomic mass is 35.5. The predicted octanol–water partition coefficient (Wildman–Crippen LogP) is 5.04. The van der Waals surface area contributed by atoms with Crippen LogP contribution in [0.2, 0.25) is 5.02 Å². The largest absolute Gasteiger partial charge is 0.493 e. The number of aryl methyl sites for hydroxylation is 1. The SMILES string of the molecule is COc1ccc(-c2nn(C)c3sc(C(=O)NCc4ccc(F)cc4Cl)cc23)cc1OC. The van der Waals surface area contributed by atoms with E-state index in [0.29, 0.717) is 21.9 Å². The van der Waals surface area contributed by atoms with Crippen molar-refractivity contribution in [1.29, 1.82) is 0 Å². The minimum Gasteiger partial charge on any atom is -0.493 e. The molecule has 0 spiro atoms. The van der Waals surface area contributed by atoms with E-state index in [4.69, 9.17) is 21.1 Å². The van der Waals surface area contributed by atoms with Crippen molar-refractivity contribution in [3.8, 4) is 22.8 Å². The van der Waals surface area contributed by atoms with Crippen molar-refractivity contribution in [2.24, 2.45) is 7.05 Å². The van der Waals surface area contributed by atoms with Gasteiger partial charge in [-0.15, -0.1) is 11.3 Å². The maximum absolute atomic E-state index is 13.2. The molecule has 0 unspecified atom stereocenters. The van der Waals surface area contributed by atoms with Gasteiger partial charge in [-0.2, -0.15) is 5.10 Å². The Bertz CT molecular complexity index is 1280. The summed E-state index contributed by atoms with van der Waals surface area (Å²) >= 11 is 7.39. The fourth-order valence-electron chi connectivity index (χ4n) is 3.28. The van der Waals surface area contributed by atoms with E-state index in [1.807, 2.05) is 31.3 Å². The highest BCUT2D eigenvalue weighted by molar-refractivity contribution is 7.20. The molecular formula is C22H19ClFN3O3S. The van der Waals surface area contributed by atoms with Crippen LogP contribution in [0.4, 0.5) is 4.39 Å². The van der Waals surface area contributed by atoms with Gasteiger partial charge in [-0.05, 0) is 42.0 Å². The molecular weight excluding hydrogens is 441 g/mol. The third-order valence-electron chi connectivity index (χ3n) is 4.85. The number of amides is 1. The molecule has 2 aromatic carbocycles. The van der Waals surface area contributed by atoms with Crippen molar-refractivity contribution in [1.82, 2.24) is 15.1 Å². The summed E-state index contributed by atoms with van der Waals surface area (Å²) in [7, 11) is 5.00. The quantitative estimate of drug-likeness (QED) is 0.438. The normalized spacial score (nSPS) is 11.0. The molecule has 4 aromatic rings. The average molecular weight is 460 g/mol. The molecule has 0 atom stereocenters. The minimum absolute atomic E-state index is 0.201. The van der Waals surface area contributed by atoms with E-state index < -0.39 is 5.82 Å². The molecule has 6 nitrogen and oxygen atoms in total. The molecule has 0 radical (unpaired) electrons. The van der Waals surface area contributed by atoms with E-state index >= 15 is 0 Å². The van der Waals surface area contributed by atoms with Gasteiger partial charge in [-0.25, -0.2) is 4.39 Å². The predicted molar refractivity (Wildman–Crippen MR) is 120 cm³/mol. The fraction of sp³-hybridized carbons (Fsp3) is 0.182. The summed E-state index contributed by atoms with van der Waals surface area (Å²) in [6.45, 7) is 0.201. The first-order chi connectivity index (χ1) is 14.9. The first-order valence-corrected chi connectivity index (χ1v) is 10.5. The molecule has 0 aliphatic heterocycles. The van der Waals surface area contributed by atoms with Crippen molar-refractivity contribution >= 4 is 39.1 Å². The van der Waals surface area contributed by atoms with Crippen molar-refractivity contribution in [2.75, 3.05) is 14.2 Å². The topological polar surface area (TPSA) is 65.4 Å². The van der Waals surface area contributed by atoms with Crippen LogP contribution >= 0.6 is 22.9 Å². The van der Waals surface area contributed by atoms with Crippen LogP contribution in [0.25, 0.3) is 21.5 Å². The van der Waals surface area contributed by atoms with E-state index in [2.05, 4.69) is 10.4 Å².